The molecule has 2 nitrogen and oxygen atoms in total. The smallest absolute Gasteiger partial charge is 0.161 e. The summed E-state index contributed by atoms with van der Waals surface area (Å²) in [5, 5.41) is 4.47. The highest BCUT2D eigenvalue weighted by Gasteiger charge is 2.31. The van der Waals surface area contributed by atoms with E-state index < -0.39 is 0 Å². The van der Waals surface area contributed by atoms with Crippen LogP contribution in [0.3, 0.4) is 0 Å². The largest absolute Gasteiger partial charge is 0.482 e. The SMILES string of the molecule is CCC1(C)CNc2cc(Cl)cc(Cl)c2O1. The van der Waals surface area contributed by atoms with Crippen LogP contribution in [-0.4, -0.2) is 12.1 Å². The number of hydrogen-bond acceptors (Lipinski definition) is 2. The van der Waals surface area contributed by atoms with E-state index >= 15 is 0 Å². The number of halogens is 2. The van der Waals surface area contributed by atoms with Gasteiger partial charge in [0.2, 0.25) is 0 Å². The van der Waals surface area contributed by atoms with E-state index in [1.54, 1.807) is 6.07 Å². The molecular formula is C11H13Cl2NO. The molecule has 2 rings (SSSR count). The quantitative estimate of drug-likeness (QED) is 0.809. The average Bonchev–Trinajstić information content (AvgIpc) is 2.20. The minimum Gasteiger partial charge on any atom is -0.482 e. The number of benzene rings is 1. The molecule has 0 bridgehead atoms. The van der Waals surface area contributed by atoms with Crippen LogP contribution in [0.5, 0.6) is 5.75 Å². The second kappa shape index (κ2) is 3.76. The summed E-state index contributed by atoms with van der Waals surface area (Å²) in [7, 11) is 0. The Kier molecular flexibility index (Phi) is 2.73. The maximum Gasteiger partial charge on any atom is 0.161 e. The zero-order chi connectivity index (χ0) is 11.1. The number of nitrogens with one attached hydrogen (secondary N) is 1. The van der Waals surface area contributed by atoms with Crippen LogP contribution in [-0.2, 0) is 0 Å². The first-order valence-electron chi connectivity index (χ1n) is 4.96. The summed E-state index contributed by atoms with van der Waals surface area (Å²) in [5.41, 5.74) is 0.684. The molecule has 0 aromatic heterocycles. The molecule has 1 heterocycles. The van der Waals surface area contributed by atoms with Gasteiger partial charge in [0, 0.05) is 5.02 Å². The Morgan fingerprint density at radius 3 is 2.87 bits per heavy atom. The lowest BCUT2D eigenvalue weighted by atomic mass is 10.0. The Balaban J connectivity index is 2.42. The summed E-state index contributed by atoms with van der Waals surface area (Å²) in [6.45, 7) is 4.93. The topological polar surface area (TPSA) is 21.3 Å². The molecule has 1 atom stereocenters. The van der Waals surface area contributed by atoms with Gasteiger partial charge < -0.3 is 10.1 Å². The third-order valence-electron chi connectivity index (χ3n) is 2.76. The van der Waals surface area contributed by atoms with E-state index in [4.69, 9.17) is 27.9 Å². The molecule has 1 aromatic carbocycles. The highest BCUT2D eigenvalue weighted by molar-refractivity contribution is 6.36. The zero-order valence-corrected chi connectivity index (χ0v) is 10.2. The maximum atomic E-state index is 6.08. The van der Waals surface area contributed by atoms with E-state index in [0.29, 0.717) is 15.8 Å². The molecule has 0 saturated carbocycles. The van der Waals surface area contributed by atoms with Crippen LogP contribution in [0.15, 0.2) is 12.1 Å². The van der Waals surface area contributed by atoms with Crippen molar-refractivity contribution >= 4 is 28.9 Å². The van der Waals surface area contributed by atoms with Gasteiger partial charge in [-0.2, -0.15) is 0 Å². The molecule has 0 radical (unpaired) electrons. The third kappa shape index (κ3) is 2.01. The van der Waals surface area contributed by atoms with E-state index in [0.717, 1.165) is 18.7 Å². The zero-order valence-electron chi connectivity index (χ0n) is 8.73. The van der Waals surface area contributed by atoms with Crippen molar-refractivity contribution in [1.82, 2.24) is 0 Å². The number of ether oxygens (including phenoxy) is 1. The number of rotatable bonds is 1. The Bertz CT molecular complexity index is 394. The lowest BCUT2D eigenvalue weighted by Gasteiger charge is -2.36. The molecule has 82 valence electrons. The van der Waals surface area contributed by atoms with Crippen molar-refractivity contribution in [2.24, 2.45) is 0 Å². The predicted octanol–water partition coefficient (Wildman–Crippen LogP) is 3.97. The van der Waals surface area contributed by atoms with Crippen molar-refractivity contribution < 1.29 is 4.74 Å². The van der Waals surface area contributed by atoms with Crippen molar-refractivity contribution in [3.05, 3.63) is 22.2 Å². The van der Waals surface area contributed by atoms with Gasteiger partial charge in [-0.25, -0.2) is 0 Å². The van der Waals surface area contributed by atoms with Crippen molar-refractivity contribution in [3.63, 3.8) is 0 Å². The van der Waals surface area contributed by atoms with Crippen LogP contribution < -0.4 is 10.1 Å². The summed E-state index contributed by atoms with van der Waals surface area (Å²) in [6, 6.07) is 3.53. The van der Waals surface area contributed by atoms with Gasteiger partial charge in [0.1, 0.15) is 5.60 Å². The molecule has 0 fully saturated rings. The van der Waals surface area contributed by atoms with Crippen molar-refractivity contribution in [1.29, 1.82) is 0 Å². The van der Waals surface area contributed by atoms with E-state index in [1.165, 1.54) is 0 Å². The second-order valence-electron chi connectivity index (χ2n) is 4.02. The fourth-order valence-corrected chi connectivity index (χ4v) is 2.09. The predicted molar refractivity (Wildman–Crippen MR) is 64.3 cm³/mol. The Labute approximate surface area is 99.5 Å². The Morgan fingerprint density at radius 1 is 1.47 bits per heavy atom. The van der Waals surface area contributed by atoms with E-state index in [9.17, 15) is 0 Å². The van der Waals surface area contributed by atoms with Crippen LogP contribution in [0, 0.1) is 0 Å². The van der Waals surface area contributed by atoms with E-state index in [-0.39, 0.29) is 5.60 Å². The average molecular weight is 246 g/mol. The fraction of sp³-hybridized carbons (Fsp3) is 0.455. The van der Waals surface area contributed by atoms with Gasteiger partial charge in [-0.15, -0.1) is 0 Å². The van der Waals surface area contributed by atoms with Gasteiger partial charge in [0.15, 0.2) is 5.75 Å². The fourth-order valence-electron chi connectivity index (χ4n) is 1.56. The molecule has 15 heavy (non-hydrogen) atoms. The molecule has 1 aliphatic heterocycles. The molecule has 1 unspecified atom stereocenters. The molecule has 1 aliphatic rings. The Morgan fingerprint density at radius 2 is 2.20 bits per heavy atom. The van der Waals surface area contributed by atoms with Gasteiger partial charge in [-0.3, -0.25) is 0 Å². The van der Waals surface area contributed by atoms with Gasteiger partial charge in [-0.1, -0.05) is 30.1 Å². The number of hydrogen-bond donors (Lipinski definition) is 1. The summed E-state index contributed by atoms with van der Waals surface area (Å²) in [5.74, 6) is 0.705. The van der Waals surface area contributed by atoms with Crippen LogP contribution in [0.4, 0.5) is 5.69 Å². The first-order valence-corrected chi connectivity index (χ1v) is 5.71. The highest BCUT2D eigenvalue weighted by Crippen LogP contribution is 2.41. The molecule has 0 spiro atoms. The van der Waals surface area contributed by atoms with Crippen LogP contribution in [0.1, 0.15) is 20.3 Å². The molecule has 4 heteroatoms. The molecular weight excluding hydrogens is 233 g/mol. The standard InChI is InChI=1S/C11H13Cl2NO/c1-3-11(2)6-14-9-5-7(12)4-8(13)10(9)15-11/h4-5,14H,3,6H2,1-2H3. The summed E-state index contributed by atoms with van der Waals surface area (Å²) in [4.78, 5) is 0. The van der Waals surface area contributed by atoms with Crippen LogP contribution in [0.2, 0.25) is 10.0 Å². The molecule has 1 aromatic rings. The Hall–Kier alpha value is -0.600. The summed E-state index contributed by atoms with van der Waals surface area (Å²) >= 11 is 12.0. The first kappa shape index (κ1) is 10.9. The minimum atomic E-state index is -0.190. The van der Waals surface area contributed by atoms with Gasteiger partial charge in [-0.05, 0) is 25.5 Å². The van der Waals surface area contributed by atoms with Crippen molar-refractivity contribution in [2.45, 2.75) is 25.9 Å². The summed E-state index contributed by atoms with van der Waals surface area (Å²) in [6.07, 6.45) is 0.929. The van der Waals surface area contributed by atoms with Crippen LogP contribution >= 0.6 is 23.2 Å². The van der Waals surface area contributed by atoms with E-state index in [2.05, 4.69) is 19.2 Å². The monoisotopic (exact) mass is 245 g/mol. The molecule has 0 saturated heterocycles. The minimum absolute atomic E-state index is 0.190. The van der Waals surface area contributed by atoms with Gasteiger partial charge >= 0.3 is 0 Å². The third-order valence-corrected chi connectivity index (χ3v) is 3.26. The molecule has 0 amide bonds. The second-order valence-corrected chi connectivity index (χ2v) is 4.87. The highest BCUT2D eigenvalue weighted by atomic mass is 35.5. The maximum absolute atomic E-state index is 6.08. The van der Waals surface area contributed by atoms with Gasteiger partial charge in [0.25, 0.3) is 0 Å². The molecule has 1 N–H and O–H groups in total. The first-order chi connectivity index (χ1) is 7.04. The lowest BCUT2D eigenvalue weighted by Crippen LogP contribution is -2.42. The van der Waals surface area contributed by atoms with Crippen molar-refractivity contribution in [2.75, 3.05) is 11.9 Å². The van der Waals surface area contributed by atoms with Gasteiger partial charge in [0.05, 0.1) is 17.3 Å². The lowest BCUT2D eigenvalue weighted by molar-refractivity contribution is 0.0913. The molecule has 0 aliphatic carbocycles. The number of fused-ring (bicyclic) bond motifs is 1. The normalized spacial score (nSPS) is 24.0. The van der Waals surface area contributed by atoms with E-state index in [1.807, 2.05) is 6.07 Å². The van der Waals surface area contributed by atoms with Crippen LogP contribution in [0.25, 0.3) is 0 Å². The summed E-state index contributed by atoms with van der Waals surface area (Å²) < 4.78 is 5.90. The van der Waals surface area contributed by atoms with Crippen molar-refractivity contribution in [3.8, 4) is 5.75 Å². The number of anilines is 1.